The lowest BCUT2D eigenvalue weighted by atomic mass is 9.99. The SMILES string of the molecule is O=C(O)CN([C@@]1(C(=O)O)C[C@@H]1c1ccccc1)S(=O)(=O)C1(Cl)C=CC(c2ccccc2)=CC1. The summed E-state index contributed by atoms with van der Waals surface area (Å²) in [5.41, 5.74) is 0.353. The van der Waals surface area contributed by atoms with Crippen molar-refractivity contribution in [3.8, 4) is 0 Å². The third-order valence-corrected chi connectivity index (χ3v) is 9.23. The summed E-state index contributed by atoms with van der Waals surface area (Å²) in [6.45, 7) is -1.00. The molecular weight excluding hydrogens is 466 g/mol. The molecule has 7 nitrogen and oxygen atoms in total. The Balaban J connectivity index is 1.71. The summed E-state index contributed by atoms with van der Waals surface area (Å²) < 4.78 is 26.0. The molecule has 9 heteroatoms. The molecule has 33 heavy (non-hydrogen) atoms. The first kappa shape index (κ1) is 23.2. The molecule has 1 fully saturated rings. The number of sulfonamides is 1. The van der Waals surface area contributed by atoms with E-state index in [2.05, 4.69) is 0 Å². The highest BCUT2D eigenvalue weighted by molar-refractivity contribution is 7.92. The molecule has 2 N–H and O–H groups in total. The number of hydrogen-bond donors (Lipinski definition) is 2. The van der Waals surface area contributed by atoms with E-state index in [1.807, 2.05) is 30.3 Å². The van der Waals surface area contributed by atoms with Crippen LogP contribution in [0.3, 0.4) is 0 Å². The Bertz CT molecular complexity index is 1240. The summed E-state index contributed by atoms with van der Waals surface area (Å²) in [4.78, 5) is 24.0. The van der Waals surface area contributed by atoms with Gasteiger partial charge in [0.1, 0.15) is 12.1 Å². The normalized spacial score (nSPS) is 26.6. The molecule has 1 unspecified atom stereocenters. The van der Waals surface area contributed by atoms with Gasteiger partial charge in [0.25, 0.3) is 0 Å². The lowest BCUT2D eigenvalue weighted by Crippen LogP contribution is -2.55. The van der Waals surface area contributed by atoms with Crippen LogP contribution in [0.15, 0.2) is 78.9 Å². The Kier molecular flexibility index (Phi) is 5.94. The average Bonchev–Trinajstić information content (AvgIpc) is 3.56. The van der Waals surface area contributed by atoms with Crippen LogP contribution >= 0.6 is 11.6 Å². The Hall–Kier alpha value is -2.94. The molecule has 0 heterocycles. The van der Waals surface area contributed by atoms with Crippen LogP contribution in [-0.4, -0.2) is 51.2 Å². The van der Waals surface area contributed by atoms with E-state index in [4.69, 9.17) is 11.6 Å². The standard InChI is InChI=1S/C24H22ClNO6S/c25-23(13-11-18(12-14-23)17-7-3-1-4-8-17)33(31,32)26(16-21(27)28)24(22(29)30)15-20(24)19-9-5-2-6-10-19/h1-13,20H,14-16H2,(H,27,28)(H,29,30)/t20-,23?,24+/m1/s1. The van der Waals surface area contributed by atoms with Crippen molar-refractivity contribution in [2.24, 2.45) is 0 Å². The van der Waals surface area contributed by atoms with Crippen molar-refractivity contribution >= 4 is 39.1 Å². The molecule has 2 aromatic carbocycles. The number of carbonyl (C=O) groups is 2. The average molecular weight is 488 g/mol. The smallest absolute Gasteiger partial charge is 0.325 e. The highest BCUT2D eigenvalue weighted by atomic mass is 35.5. The molecule has 2 aliphatic carbocycles. The van der Waals surface area contributed by atoms with Gasteiger partial charge >= 0.3 is 11.9 Å². The third-order valence-electron chi connectivity index (χ3n) is 6.17. The van der Waals surface area contributed by atoms with Gasteiger partial charge in [-0.15, -0.1) is 0 Å². The zero-order valence-electron chi connectivity index (χ0n) is 17.5. The van der Waals surface area contributed by atoms with Crippen LogP contribution in [0, 0.1) is 0 Å². The molecule has 0 saturated heterocycles. The molecule has 0 aromatic heterocycles. The maximum atomic E-state index is 13.7. The monoisotopic (exact) mass is 487 g/mol. The van der Waals surface area contributed by atoms with Gasteiger partial charge < -0.3 is 10.2 Å². The second kappa shape index (κ2) is 8.44. The fourth-order valence-corrected chi connectivity index (χ4v) is 6.61. The van der Waals surface area contributed by atoms with Gasteiger partial charge in [0, 0.05) is 12.3 Å². The van der Waals surface area contributed by atoms with Crippen molar-refractivity contribution in [2.75, 3.05) is 6.54 Å². The second-order valence-corrected chi connectivity index (χ2v) is 11.2. The lowest BCUT2D eigenvalue weighted by molar-refractivity contribution is -0.145. The number of nitrogens with zero attached hydrogens (tertiary/aromatic N) is 1. The van der Waals surface area contributed by atoms with Gasteiger partial charge in [-0.2, -0.15) is 4.31 Å². The van der Waals surface area contributed by atoms with Crippen LogP contribution in [0.5, 0.6) is 0 Å². The first-order valence-corrected chi connectivity index (χ1v) is 12.1. The van der Waals surface area contributed by atoms with Gasteiger partial charge in [-0.1, -0.05) is 84.4 Å². The Labute approximate surface area is 196 Å². The number of halogens is 1. The molecule has 0 amide bonds. The van der Waals surface area contributed by atoms with E-state index >= 15 is 0 Å². The van der Waals surface area contributed by atoms with Crippen molar-refractivity contribution in [1.82, 2.24) is 4.31 Å². The number of carboxylic acids is 2. The topological polar surface area (TPSA) is 112 Å². The highest BCUT2D eigenvalue weighted by Crippen LogP contribution is 2.58. The van der Waals surface area contributed by atoms with Crippen molar-refractivity contribution in [1.29, 1.82) is 0 Å². The molecule has 3 atom stereocenters. The molecule has 1 saturated carbocycles. The van der Waals surface area contributed by atoms with E-state index < -0.39 is 44.2 Å². The number of benzene rings is 2. The first-order valence-electron chi connectivity index (χ1n) is 10.3. The summed E-state index contributed by atoms with van der Waals surface area (Å²) in [6, 6.07) is 17.9. The fourth-order valence-electron chi connectivity index (χ4n) is 4.33. The largest absolute Gasteiger partial charge is 0.480 e. The number of allylic oxidation sites excluding steroid dienone is 3. The molecule has 2 aliphatic rings. The molecule has 172 valence electrons. The van der Waals surface area contributed by atoms with E-state index in [0.717, 1.165) is 11.1 Å². The van der Waals surface area contributed by atoms with Crippen LogP contribution in [-0.2, 0) is 19.6 Å². The number of rotatable bonds is 8. The fraction of sp³-hybridized carbons (Fsp3) is 0.250. The van der Waals surface area contributed by atoms with E-state index in [1.54, 1.807) is 42.5 Å². The summed E-state index contributed by atoms with van der Waals surface area (Å²) in [5, 5.41) is 19.6. The Morgan fingerprint density at radius 3 is 2.15 bits per heavy atom. The van der Waals surface area contributed by atoms with Gasteiger partial charge in [-0.25, -0.2) is 8.42 Å². The van der Waals surface area contributed by atoms with Crippen molar-refractivity contribution in [3.05, 3.63) is 90.0 Å². The van der Waals surface area contributed by atoms with Gasteiger partial charge in [0.05, 0.1) is 0 Å². The number of aliphatic carboxylic acids is 2. The van der Waals surface area contributed by atoms with E-state index in [0.29, 0.717) is 9.87 Å². The minimum Gasteiger partial charge on any atom is -0.480 e. The molecular formula is C24H22ClNO6S. The summed E-state index contributed by atoms with van der Waals surface area (Å²) >= 11 is 6.58. The summed E-state index contributed by atoms with van der Waals surface area (Å²) in [6.07, 6.45) is 4.35. The molecule has 0 bridgehead atoms. The molecule has 2 aromatic rings. The molecule has 0 radical (unpaired) electrons. The van der Waals surface area contributed by atoms with Crippen molar-refractivity contribution in [3.63, 3.8) is 0 Å². The molecule has 4 rings (SSSR count). The van der Waals surface area contributed by atoms with E-state index in [9.17, 15) is 28.2 Å². The maximum Gasteiger partial charge on any atom is 0.325 e. The minimum atomic E-state index is -4.60. The predicted octanol–water partition coefficient (Wildman–Crippen LogP) is 3.69. The lowest BCUT2D eigenvalue weighted by Gasteiger charge is -2.35. The zero-order valence-corrected chi connectivity index (χ0v) is 19.0. The van der Waals surface area contributed by atoms with Crippen LogP contribution in [0.4, 0.5) is 0 Å². The van der Waals surface area contributed by atoms with Crippen LogP contribution < -0.4 is 0 Å². The third kappa shape index (κ3) is 3.99. The Morgan fingerprint density at radius 2 is 1.64 bits per heavy atom. The second-order valence-electron chi connectivity index (χ2n) is 8.15. The van der Waals surface area contributed by atoms with Crippen molar-refractivity contribution < 1.29 is 28.2 Å². The predicted molar refractivity (Wildman–Crippen MR) is 124 cm³/mol. The summed E-state index contributed by atoms with van der Waals surface area (Å²) in [5.74, 6) is -3.55. The van der Waals surface area contributed by atoms with Gasteiger partial charge in [0.15, 0.2) is 4.21 Å². The maximum absolute atomic E-state index is 13.7. The van der Waals surface area contributed by atoms with E-state index in [1.165, 1.54) is 6.08 Å². The molecule has 0 spiro atoms. The van der Waals surface area contributed by atoms with E-state index in [-0.39, 0.29) is 12.8 Å². The van der Waals surface area contributed by atoms with Gasteiger partial charge in [-0.05, 0) is 29.2 Å². The number of carboxylic acid groups (broad SMARTS) is 2. The molecule has 0 aliphatic heterocycles. The van der Waals surface area contributed by atoms with Crippen LogP contribution in [0.2, 0.25) is 0 Å². The van der Waals surface area contributed by atoms with Crippen LogP contribution in [0.1, 0.15) is 29.9 Å². The number of alkyl halides is 1. The van der Waals surface area contributed by atoms with Gasteiger partial charge in [0.2, 0.25) is 10.0 Å². The summed E-state index contributed by atoms with van der Waals surface area (Å²) in [7, 11) is -4.60. The minimum absolute atomic E-state index is 0.0410. The highest BCUT2D eigenvalue weighted by Gasteiger charge is 2.70. The van der Waals surface area contributed by atoms with Crippen LogP contribution in [0.25, 0.3) is 5.57 Å². The van der Waals surface area contributed by atoms with Gasteiger partial charge in [-0.3, -0.25) is 9.59 Å². The quantitative estimate of drug-likeness (QED) is 0.549. The first-order chi connectivity index (χ1) is 15.6. The number of hydrogen-bond acceptors (Lipinski definition) is 4. The zero-order chi connectivity index (χ0) is 23.9. The van der Waals surface area contributed by atoms with Crippen molar-refractivity contribution in [2.45, 2.75) is 28.5 Å². The Morgan fingerprint density at radius 1 is 1.03 bits per heavy atom.